The Morgan fingerprint density at radius 1 is 0.354 bits per heavy atom. The molecule has 9 aromatic rings. The Balaban J connectivity index is 1.30. The molecule has 0 N–H and O–H groups in total. The first-order valence-electron chi connectivity index (χ1n) is 15.6. The Kier molecular flexibility index (Phi) is 6.68. The van der Waals surface area contributed by atoms with Crippen LogP contribution < -0.4 is 0 Å². The quantitative estimate of drug-likeness (QED) is 0.173. The van der Waals surface area contributed by atoms with E-state index in [1.807, 2.05) is 30.9 Å². The van der Waals surface area contributed by atoms with E-state index in [9.17, 15) is 0 Å². The van der Waals surface area contributed by atoms with Crippen LogP contribution in [0.2, 0.25) is 0 Å². The highest BCUT2D eigenvalue weighted by atomic mass is 16.3. The van der Waals surface area contributed by atoms with E-state index in [4.69, 9.17) is 8.83 Å². The van der Waals surface area contributed by atoms with E-state index in [-0.39, 0.29) is 0 Å². The van der Waals surface area contributed by atoms with Crippen LogP contribution in [0.15, 0.2) is 168 Å². The van der Waals surface area contributed by atoms with Crippen LogP contribution in [0, 0.1) is 0 Å². The number of benzene rings is 5. The van der Waals surface area contributed by atoms with Gasteiger partial charge in [-0.3, -0.25) is 9.97 Å². The smallest absolute Gasteiger partial charge is 0.181 e. The summed E-state index contributed by atoms with van der Waals surface area (Å²) in [6, 6.07) is 38.8. The molecular weight excluding hydrogens is 592 g/mol. The number of nitrogens with zero attached hydrogens (tertiary/aromatic N) is 4. The van der Waals surface area contributed by atoms with Crippen molar-refractivity contribution >= 4 is 21.5 Å². The molecule has 0 fully saturated rings. The molecule has 0 amide bonds. The molecule has 48 heavy (non-hydrogen) atoms. The minimum absolute atomic E-state index is 0.740. The third-order valence-electron chi connectivity index (χ3n) is 8.86. The SMILES string of the molecule is c1ccc(-c2ccc(-c3ccc4c(-c5cncc(-c6cocn6)c5)c5ccccc5c(-c5cncc(-c6cocn6)c5)c4c3)cc2)cc1. The standard InChI is InChI=1S/C42H26N4O2/c1-2-6-27(7-3-1)28-10-12-29(13-11-28)30-14-15-37-38(18-30)42(34-17-32(20-44-22-34)40-24-48-26-46-40)36-9-5-4-8-35(36)41(37)33-16-31(19-43-21-33)39-23-47-25-45-39/h1-26H. The average Bonchev–Trinajstić information content (AvgIpc) is 3.90. The number of hydrogen-bond donors (Lipinski definition) is 0. The van der Waals surface area contributed by atoms with Gasteiger partial charge in [-0.05, 0) is 73.1 Å². The van der Waals surface area contributed by atoms with Crippen molar-refractivity contribution in [3.63, 3.8) is 0 Å². The molecule has 0 aliphatic rings. The second kappa shape index (κ2) is 11.6. The largest absolute Gasteiger partial charge is 0.451 e. The van der Waals surface area contributed by atoms with Crippen molar-refractivity contribution in [3.8, 4) is 67.0 Å². The van der Waals surface area contributed by atoms with Crippen molar-refractivity contribution < 1.29 is 8.83 Å². The fraction of sp³-hybridized carbons (Fsp3) is 0. The van der Waals surface area contributed by atoms with Crippen molar-refractivity contribution in [1.82, 2.24) is 19.9 Å². The minimum atomic E-state index is 0.740. The highest BCUT2D eigenvalue weighted by Gasteiger charge is 2.19. The first kappa shape index (κ1) is 27.6. The molecular formula is C42H26N4O2. The number of aromatic nitrogens is 4. The van der Waals surface area contributed by atoms with Gasteiger partial charge in [-0.1, -0.05) is 91.0 Å². The molecule has 0 saturated heterocycles. The van der Waals surface area contributed by atoms with E-state index < -0.39 is 0 Å². The fourth-order valence-corrected chi connectivity index (χ4v) is 6.61. The van der Waals surface area contributed by atoms with Crippen LogP contribution >= 0.6 is 0 Å². The second-order valence-corrected chi connectivity index (χ2v) is 11.7. The van der Waals surface area contributed by atoms with E-state index in [0.717, 1.165) is 77.4 Å². The van der Waals surface area contributed by atoms with Crippen molar-refractivity contribution in [3.05, 3.63) is 159 Å². The summed E-state index contributed by atoms with van der Waals surface area (Å²) in [5.41, 5.74) is 12.1. The topological polar surface area (TPSA) is 77.8 Å². The summed E-state index contributed by atoms with van der Waals surface area (Å²) < 4.78 is 10.6. The third kappa shape index (κ3) is 4.84. The highest BCUT2D eigenvalue weighted by molar-refractivity contribution is 6.22. The van der Waals surface area contributed by atoms with Gasteiger partial charge in [-0.15, -0.1) is 0 Å². The molecule has 0 unspecified atom stereocenters. The molecule has 6 nitrogen and oxygen atoms in total. The van der Waals surface area contributed by atoms with Gasteiger partial charge in [0.15, 0.2) is 12.8 Å². The van der Waals surface area contributed by atoms with Gasteiger partial charge in [0, 0.05) is 47.0 Å². The molecule has 0 bridgehead atoms. The van der Waals surface area contributed by atoms with Crippen LogP contribution in [0.3, 0.4) is 0 Å². The van der Waals surface area contributed by atoms with Gasteiger partial charge in [0.2, 0.25) is 0 Å². The lowest BCUT2D eigenvalue weighted by molar-refractivity contribution is 0.558. The van der Waals surface area contributed by atoms with Gasteiger partial charge in [0.1, 0.15) is 23.9 Å². The van der Waals surface area contributed by atoms with Gasteiger partial charge in [0.25, 0.3) is 0 Å². The lowest BCUT2D eigenvalue weighted by Crippen LogP contribution is -1.93. The van der Waals surface area contributed by atoms with Gasteiger partial charge in [-0.25, -0.2) is 9.97 Å². The first-order valence-corrected chi connectivity index (χ1v) is 15.6. The van der Waals surface area contributed by atoms with E-state index in [1.54, 1.807) is 12.5 Å². The van der Waals surface area contributed by atoms with Crippen molar-refractivity contribution in [2.45, 2.75) is 0 Å². The number of rotatable bonds is 6. The maximum Gasteiger partial charge on any atom is 0.181 e. The van der Waals surface area contributed by atoms with Gasteiger partial charge < -0.3 is 8.83 Å². The Labute approximate surface area is 276 Å². The van der Waals surface area contributed by atoms with Crippen LogP contribution in [0.25, 0.3) is 88.6 Å². The monoisotopic (exact) mass is 618 g/mol. The summed E-state index contributed by atoms with van der Waals surface area (Å²) in [6.45, 7) is 0. The van der Waals surface area contributed by atoms with Crippen LogP contribution in [0.5, 0.6) is 0 Å². The van der Waals surface area contributed by atoms with E-state index in [2.05, 4.69) is 123 Å². The fourth-order valence-electron chi connectivity index (χ4n) is 6.61. The van der Waals surface area contributed by atoms with Crippen molar-refractivity contribution in [1.29, 1.82) is 0 Å². The van der Waals surface area contributed by atoms with E-state index in [0.29, 0.717) is 0 Å². The zero-order valence-corrected chi connectivity index (χ0v) is 25.6. The molecule has 0 saturated carbocycles. The third-order valence-corrected chi connectivity index (χ3v) is 8.86. The summed E-state index contributed by atoms with van der Waals surface area (Å²) in [5, 5.41) is 4.45. The lowest BCUT2D eigenvalue weighted by atomic mass is 9.85. The number of oxazole rings is 2. The van der Waals surface area contributed by atoms with Crippen molar-refractivity contribution in [2.75, 3.05) is 0 Å². The summed E-state index contributed by atoms with van der Waals surface area (Å²) in [7, 11) is 0. The van der Waals surface area contributed by atoms with Crippen LogP contribution in [-0.2, 0) is 0 Å². The van der Waals surface area contributed by atoms with Gasteiger partial charge in [0.05, 0.1) is 0 Å². The normalized spacial score (nSPS) is 11.3. The Morgan fingerprint density at radius 3 is 1.38 bits per heavy atom. The molecule has 0 aliphatic heterocycles. The van der Waals surface area contributed by atoms with E-state index >= 15 is 0 Å². The molecule has 0 spiro atoms. The predicted octanol–water partition coefficient (Wildman–Crippen LogP) is 10.8. The van der Waals surface area contributed by atoms with Gasteiger partial charge in [-0.2, -0.15) is 0 Å². The molecule has 226 valence electrons. The molecule has 0 aliphatic carbocycles. The van der Waals surface area contributed by atoms with Crippen LogP contribution in [0.4, 0.5) is 0 Å². The Bertz CT molecular complexity index is 2540. The highest BCUT2D eigenvalue weighted by Crippen LogP contribution is 2.45. The van der Waals surface area contributed by atoms with E-state index in [1.165, 1.54) is 23.9 Å². The molecule has 6 heteroatoms. The number of hydrogen-bond acceptors (Lipinski definition) is 6. The zero-order chi connectivity index (χ0) is 31.9. The average molecular weight is 619 g/mol. The van der Waals surface area contributed by atoms with Crippen molar-refractivity contribution in [2.24, 2.45) is 0 Å². The number of fused-ring (bicyclic) bond motifs is 2. The summed E-state index contributed by atoms with van der Waals surface area (Å²) >= 11 is 0. The summed E-state index contributed by atoms with van der Waals surface area (Å²) in [6.07, 6.45) is 13.7. The van der Waals surface area contributed by atoms with Crippen LogP contribution in [0.1, 0.15) is 0 Å². The minimum Gasteiger partial charge on any atom is -0.451 e. The maximum atomic E-state index is 5.30. The maximum absolute atomic E-state index is 5.30. The Hall–Kier alpha value is -6.66. The molecule has 5 aromatic carbocycles. The molecule has 4 heterocycles. The molecule has 0 atom stereocenters. The lowest BCUT2D eigenvalue weighted by Gasteiger charge is -2.19. The van der Waals surface area contributed by atoms with Gasteiger partial charge >= 0.3 is 0 Å². The summed E-state index contributed by atoms with van der Waals surface area (Å²) in [4.78, 5) is 18.1. The molecule has 0 radical (unpaired) electrons. The van der Waals surface area contributed by atoms with Crippen LogP contribution in [-0.4, -0.2) is 19.9 Å². The molecule has 4 aromatic heterocycles. The first-order chi connectivity index (χ1) is 23.8. The Morgan fingerprint density at radius 2 is 0.812 bits per heavy atom. The number of pyridine rings is 2. The predicted molar refractivity (Wildman–Crippen MR) is 190 cm³/mol. The zero-order valence-electron chi connectivity index (χ0n) is 25.6. The summed E-state index contributed by atoms with van der Waals surface area (Å²) in [5.74, 6) is 0. The second-order valence-electron chi connectivity index (χ2n) is 11.7. The molecule has 9 rings (SSSR count).